The summed E-state index contributed by atoms with van der Waals surface area (Å²) < 4.78 is 1.89. The van der Waals surface area contributed by atoms with E-state index < -0.39 is 12.0 Å². The molecule has 1 saturated heterocycles. The maximum Gasteiger partial charge on any atom is 0.320 e. The van der Waals surface area contributed by atoms with E-state index >= 15 is 0 Å². The number of carbonyl (C=O) groups excluding carboxylic acids is 1. The average Bonchev–Trinajstić information content (AvgIpc) is 3.58. The minimum atomic E-state index is -1.08. The van der Waals surface area contributed by atoms with Gasteiger partial charge in [0.2, 0.25) is 11.9 Å². The SMILES string of the molecule is CN(c1nc(NCc2cn(CCCNCCCNC3CCCCC3)nn2)nc2ccccc12)C1CCN(C(=O)CCC(N)C(=O)O)CC1. The van der Waals surface area contributed by atoms with Crippen molar-refractivity contribution in [3.63, 3.8) is 0 Å². The summed E-state index contributed by atoms with van der Waals surface area (Å²) in [6, 6.07) is 7.88. The van der Waals surface area contributed by atoms with Gasteiger partial charge in [0.1, 0.15) is 17.6 Å². The van der Waals surface area contributed by atoms with E-state index in [9.17, 15) is 9.59 Å². The molecular weight excluding hydrogens is 610 g/mol. The highest BCUT2D eigenvalue weighted by molar-refractivity contribution is 5.90. The second kappa shape index (κ2) is 18.0. The number of hydrogen-bond donors (Lipinski definition) is 5. The molecule has 5 rings (SSSR count). The van der Waals surface area contributed by atoms with Crippen LogP contribution in [0.2, 0.25) is 0 Å². The first-order valence-corrected chi connectivity index (χ1v) is 17.7. The Morgan fingerprint density at radius 3 is 2.60 bits per heavy atom. The molecule has 1 aromatic carbocycles. The lowest BCUT2D eigenvalue weighted by atomic mass is 9.95. The Balaban J connectivity index is 1.06. The number of rotatable bonds is 18. The van der Waals surface area contributed by atoms with Crippen LogP contribution in [0, 0.1) is 0 Å². The topological polar surface area (TPSA) is 179 Å². The quantitative estimate of drug-likeness (QED) is 0.126. The lowest BCUT2D eigenvalue weighted by molar-refractivity contribution is -0.139. The summed E-state index contributed by atoms with van der Waals surface area (Å²) in [5, 5.41) is 29.2. The molecule has 6 N–H and O–H groups in total. The molecule has 1 amide bonds. The number of carboxylic acid groups (broad SMARTS) is 1. The molecule has 48 heavy (non-hydrogen) atoms. The van der Waals surface area contributed by atoms with Crippen molar-refractivity contribution in [2.45, 2.75) is 102 Å². The predicted molar refractivity (Wildman–Crippen MR) is 187 cm³/mol. The van der Waals surface area contributed by atoms with Gasteiger partial charge in [-0.1, -0.05) is 36.6 Å². The van der Waals surface area contributed by atoms with Crippen LogP contribution in [0.4, 0.5) is 11.8 Å². The van der Waals surface area contributed by atoms with Gasteiger partial charge in [-0.05, 0) is 76.7 Å². The standard InChI is InChI=1S/C34H53N11O3/c1-43(27-15-21-44(22-16-27)31(46)14-13-29(35)33(47)48)32-28-11-5-6-12-30(28)39-34(40-32)38-23-26-24-45(42-41-26)20-8-18-36-17-7-19-37-25-9-3-2-4-10-25/h5-6,11-12,24-25,27,29,36-37H,2-4,7-10,13-23,35H2,1H3,(H,47,48)(H,38,39,40). The molecular formula is C34H53N11O3. The summed E-state index contributed by atoms with van der Waals surface area (Å²) in [6.07, 6.45) is 12.8. The second-order valence-electron chi connectivity index (χ2n) is 13.2. The first-order valence-electron chi connectivity index (χ1n) is 17.7. The molecule has 2 fully saturated rings. The number of piperidine rings is 1. The van der Waals surface area contributed by atoms with Gasteiger partial charge in [-0.25, -0.2) is 4.98 Å². The van der Waals surface area contributed by atoms with E-state index in [1.165, 1.54) is 32.1 Å². The molecule has 14 nitrogen and oxygen atoms in total. The number of benzene rings is 1. The van der Waals surface area contributed by atoms with Crippen molar-refractivity contribution in [3.8, 4) is 0 Å². The number of amides is 1. The zero-order valence-corrected chi connectivity index (χ0v) is 28.3. The lowest BCUT2D eigenvalue weighted by Gasteiger charge is -2.37. The van der Waals surface area contributed by atoms with Crippen LogP contribution in [-0.2, 0) is 22.7 Å². The monoisotopic (exact) mass is 663 g/mol. The van der Waals surface area contributed by atoms with E-state index in [1.54, 1.807) is 0 Å². The second-order valence-corrected chi connectivity index (χ2v) is 13.2. The fourth-order valence-electron chi connectivity index (χ4n) is 6.66. The molecule has 1 unspecified atom stereocenters. The van der Waals surface area contributed by atoms with Crippen molar-refractivity contribution < 1.29 is 14.7 Å². The molecule has 1 aliphatic heterocycles. The van der Waals surface area contributed by atoms with Gasteiger partial charge in [-0.15, -0.1) is 5.10 Å². The molecule has 2 aromatic heterocycles. The zero-order valence-electron chi connectivity index (χ0n) is 28.3. The average molecular weight is 664 g/mol. The van der Waals surface area contributed by atoms with Crippen LogP contribution >= 0.6 is 0 Å². The number of aromatic nitrogens is 5. The van der Waals surface area contributed by atoms with Crippen molar-refractivity contribution in [2.75, 3.05) is 50.0 Å². The van der Waals surface area contributed by atoms with Gasteiger partial charge in [0.15, 0.2) is 0 Å². The molecule has 2 aliphatic rings. The number of fused-ring (bicyclic) bond motifs is 1. The number of aliphatic carboxylic acids is 1. The zero-order chi connectivity index (χ0) is 33.7. The van der Waals surface area contributed by atoms with Gasteiger partial charge in [0.05, 0.1) is 18.3 Å². The third-order valence-electron chi connectivity index (χ3n) is 9.59. The molecule has 262 valence electrons. The van der Waals surface area contributed by atoms with Gasteiger partial charge < -0.3 is 36.6 Å². The Morgan fingerprint density at radius 2 is 1.81 bits per heavy atom. The number of hydrogen-bond acceptors (Lipinski definition) is 11. The highest BCUT2D eigenvalue weighted by atomic mass is 16.4. The maximum atomic E-state index is 12.7. The van der Waals surface area contributed by atoms with E-state index in [1.807, 2.05) is 47.1 Å². The molecule has 3 heterocycles. The summed E-state index contributed by atoms with van der Waals surface area (Å²) in [5.74, 6) is 0.228. The van der Waals surface area contributed by atoms with Gasteiger partial charge in [-0.2, -0.15) is 4.98 Å². The molecule has 0 spiro atoms. The Morgan fingerprint density at radius 1 is 1.04 bits per heavy atom. The number of likely N-dealkylation sites (tertiary alicyclic amines) is 1. The van der Waals surface area contributed by atoms with Crippen molar-refractivity contribution in [2.24, 2.45) is 5.73 Å². The Hall–Kier alpha value is -3.88. The van der Waals surface area contributed by atoms with Crippen LogP contribution in [0.3, 0.4) is 0 Å². The third-order valence-corrected chi connectivity index (χ3v) is 9.59. The number of nitrogens with zero attached hydrogens (tertiary/aromatic N) is 7. The molecule has 3 aromatic rings. The number of nitrogens with two attached hydrogens (primary N) is 1. The van der Waals surface area contributed by atoms with Crippen molar-refractivity contribution >= 4 is 34.5 Å². The van der Waals surface area contributed by atoms with Crippen LogP contribution in [0.1, 0.15) is 76.3 Å². The van der Waals surface area contributed by atoms with E-state index in [4.69, 9.17) is 20.8 Å². The van der Waals surface area contributed by atoms with E-state index in [0.717, 1.165) is 80.3 Å². The molecule has 14 heteroatoms. The number of para-hydroxylation sites is 1. The molecule has 1 aliphatic carbocycles. The van der Waals surface area contributed by atoms with Crippen LogP contribution < -0.4 is 26.6 Å². The highest BCUT2D eigenvalue weighted by Gasteiger charge is 2.27. The predicted octanol–water partition coefficient (Wildman–Crippen LogP) is 2.74. The highest BCUT2D eigenvalue weighted by Crippen LogP contribution is 2.29. The largest absolute Gasteiger partial charge is 0.480 e. The molecule has 1 atom stereocenters. The summed E-state index contributed by atoms with van der Waals surface area (Å²) >= 11 is 0. The van der Waals surface area contributed by atoms with Gasteiger partial charge in [0.25, 0.3) is 0 Å². The summed E-state index contributed by atoms with van der Waals surface area (Å²) in [5.41, 5.74) is 7.25. The number of nitrogens with one attached hydrogen (secondary N) is 3. The van der Waals surface area contributed by atoms with Crippen molar-refractivity contribution in [1.82, 2.24) is 40.5 Å². The van der Waals surface area contributed by atoms with Gasteiger partial charge >= 0.3 is 5.97 Å². The van der Waals surface area contributed by atoms with E-state index in [-0.39, 0.29) is 24.8 Å². The molecule has 0 radical (unpaired) electrons. The molecule has 1 saturated carbocycles. The van der Waals surface area contributed by atoms with Crippen LogP contribution in [0.15, 0.2) is 30.5 Å². The Kier molecular flexibility index (Phi) is 13.3. The minimum absolute atomic E-state index is 0.0478. The summed E-state index contributed by atoms with van der Waals surface area (Å²) in [6.45, 7) is 5.55. The molecule has 0 bridgehead atoms. The Labute approximate surface area is 283 Å². The van der Waals surface area contributed by atoms with Gasteiger partial charge in [0, 0.05) is 50.6 Å². The number of anilines is 2. The maximum absolute atomic E-state index is 12.7. The van der Waals surface area contributed by atoms with E-state index in [0.29, 0.717) is 25.6 Å². The van der Waals surface area contributed by atoms with Crippen molar-refractivity contribution in [1.29, 1.82) is 0 Å². The number of aryl methyl sites for hydroxylation is 1. The Bertz CT molecular complexity index is 1450. The smallest absolute Gasteiger partial charge is 0.320 e. The normalized spacial score (nSPS) is 16.7. The fourth-order valence-corrected chi connectivity index (χ4v) is 6.66. The lowest BCUT2D eigenvalue weighted by Crippen LogP contribution is -2.46. The minimum Gasteiger partial charge on any atom is -0.480 e. The van der Waals surface area contributed by atoms with E-state index in [2.05, 4.69) is 31.2 Å². The fraction of sp³-hybridized carbons (Fsp3) is 0.647. The van der Waals surface area contributed by atoms with Gasteiger partial charge in [-0.3, -0.25) is 14.3 Å². The number of carbonyl (C=O) groups is 2. The summed E-state index contributed by atoms with van der Waals surface area (Å²) in [7, 11) is 2.04. The number of carboxylic acids is 1. The summed E-state index contributed by atoms with van der Waals surface area (Å²) in [4.78, 5) is 37.3. The van der Waals surface area contributed by atoms with Crippen LogP contribution in [0.25, 0.3) is 10.9 Å². The first kappa shape index (κ1) is 35.4. The first-order chi connectivity index (χ1) is 23.4. The van der Waals surface area contributed by atoms with Crippen molar-refractivity contribution in [3.05, 3.63) is 36.2 Å². The third kappa shape index (κ3) is 10.3. The van der Waals surface area contributed by atoms with Crippen LogP contribution in [-0.4, -0.2) is 105 Å². The van der Waals surface area contributed by atoms with Crippen LogP contribution in [0.5, 0.6) is 0 Å².